The van der Waals surface area contributed by atoms with E-state index in [2.05, 4.69) is 25.1 Å². The fraction of sp³-hybridized carbons (Fsp3) is 0.167. The molecule has 3 aromatic carbocycles. The van der Waals surface area contributed by atoms with Crippen molar-refractivity contribution >= 4 is 52.4 Å². The zero-order chi connectivity index (χ0) is 32.1. The van der Waals surface area contributed by atoms with Crippen molar-refractivity contribution < 1.29 is 36.6 Å². The number of nitrogens with one attached hydrogen (secondary N) is 1. The van der Waals surface area contributed by atoms with Crippen molar-refractivity contribution in [1.29, 1.82) is 0 Å². The van der Waals surface area contributed by atoms with E-state index in [0.29, 0.717) is 16.9 Å². The highest BCUT2D eigenvalue weighted by Gasteiger charge is 2.32. The van der Waals surface area contributed by atoms with Crippen molar-refractivity contribution in [3.63, 3.8) is 0 Å². The first kappa shape index (κ1) is 31.4. The summed E-state index contributed by atoms with van der Waals surface area (Å²) in [6.07, 6.45) is -0.357. The number of amidine groups is 1. The summed E-state index contributed by atoms with van der Waals surface area (Å²) in [4.78, 5) is 35.0. The van der Waals surface area contributed by atoms with E-state index in [1.165, 1.54) is 46.3 Å². The van der Waals surface area contributed by atoms with Gasteiger partial charge in [0, 0.05) is 12.7 Å². The Bertz CT molecular complexity index is 1790. The lowest BCUT2D eigenvalue weighted by molar-refractivity contribution is -0.274. The van der Waals surface area contributed by atoms with Crippen LogP contribution in [0.1, 0.15) is 22.5 Å². The molecule has 232 valence electrons. The van der Waals surface area contributed by atoms with Crippen molar-refractivity contribution in [3.05, 3.63) is 95.3 Å². The molecule has 1 N–H and O–H groups in total. The van der Waals surface area contributed by atoms with Crippen LogP contribution in [0.3, 0.4) is 0 Å². The number of carbonyl (C=O) groups excluding carboxylic acids is 2. The molecule has 1 fully saturated rings. The molecule has 2 heterocycles. The van der Waals surface area contributed by atoms with Crippen LogP contribution in [0, 0.1) is 12.7 Å². The summed E-state index contributed by atoms with van der Waals surface area (Å²) in [5, 5.41) is 6.81. The third-order valence-electron chi connectivity index (χ3n) is 6.25. The standard InChI is InChI=1S/C30H24F4N6O4S/c1-18-3-6-20(15-43-2)25(13-18)40-27(41)16-45-29(40)37-28(42)36-24-11-4-19(14-23(24)31)5-12-26-35-17-39(38-26)21-7-9-22(10-8-21)44-30(32,33)34/h3-14,17H,15-16H2,1-2H3,(H,36,42)/b12-5+,37-29-. The summed E-state index contributed by atoms with van der Waals surface area (Å²) in [6, 6.07) is 13.9. The number of anilines is 2. The van der Waals surface area contributed by atoms with Crippen molar-refractivity contribution in [2.75, 3.05) is 23.1 Å². The van der Waals surface area contributed by atoms with Crippen LogP contribution in [0.5, 0.6) is 5.75 Å². The van der Waals surface area contributed by atoms with Gasteiger partial charge in [-0.15, -0.1) is 18.3 Å². The number of hydrogen-bond acceptors (Lipinski definition) is 7. The molecular formula is C30H24F4N6O4S. The summed E-state index contributed by atoms with van der Waals surface area (Å²) in [5.41, 5.74) is 3.00. The summed E-state index contributed by atoms with van der Waals surface area (Å²) in [6.45, 7) is 2.14. The van der Waals surface area contributed by atoms with Crippen LogP contribution in [-0.4, -0.2) is 51.1 Å². The second kappa shape index (κ2) is 13.3. The van der Waals surface area contributed by atoms with Gasteiger partial charge in [-0.2, -0.15) is 4.99 Å². The van der Waals surface area contributed by atoms with E-state index in [4.69, 9.17) is 4.74 Å². The average Bonchev–Trinajstić information content (AvgIpc) is 3.60. The minimum Gasteiger partial charge on any atom is -0.406 e. The largest absolute Gasteiger partial charge is 0.573 e. The molecule has 10 nitrogen and oxygen atoms in total. The molecular weight excluding hydrogens is 616 g/mol. The van der Waals surface area contributed by atoms with Gasteiger partial charge in [0.2, 0.25) is 5.91 Å². The molecule has 15 heteroatoms. The van der Waals surface area contributed by atoms with E-state index in [1.54, 1.807) is 19.3 Å². The van der Waals surface area contributed by atoms with Gasteiger partial charge in [0.25, 0.3) is 0 Å². The summed E-state index contributed by atoms with van der Waals surface area (Å²) < 4.78 is 62.5. The fourth-order valence-electron chi connectivity index (χ4n) is 4.26. The number of halogens is 4. The van der Waals surface area contributed by atoms with E-state index < -0.39 is 18.2 Å². The van der Waals surface area contributed by atoms with Gasteiger partial charge in [0.05, 0.1) is 29.4 Å². The zero-order valence-electron chi connectivity index (χ0n) is 23.7. The molecule has 0 bridgehead atoms. The van der Waals surface area contributed by atoms with E-state index in [0.717, 1.165) is 35.0 Å². The Balaban J connectivity index is 1.25. The molecule has 0 spiro atoms. The molecule has 1 aliphatic heterocycles. The lowest BCUT2D eigenvalue weighted by atomic mass is 10.1. The van der Waals surface area contributed by atoms with Crippen LogP contribution in [0.25, 0.3) is 17.8 Å². The van der Waals surface area contributed by atoms with Gasteiger partial charge in [-0.1, -0.05) is 36.0 Å². The summed E-state index contributed by atoms with van der Waals surface area (Å²) >= 11 is 1.10. The van der Waals surface area contributed by atoms with Gasteiger partial charge < -0.3 is 14.8 Å². The molecule has 0 radical (unpaired) electrons. The number of aryl methyl sites for hydroxylation is 1. The lowest BCUT2D eigenvalue weighted by Gasteiger charge is -2.20. The van der Waals surface area contributed by atoms with E-state index >= 15 is 0 Å². The lowest BCUT2D eigenvalue weighted by Crippen LogP contribution is -2.31. The Hall–Kier alpha value is -5.02. The number of nitrogens with zero attached hydrogens (tertiary/aromatic N) is 5. The molecule has 1 saturated heterocycles. The highest BCUT2D eigenvalue weighted by molar-refractivity contribution is 8.15. The van der Waals surface area contributed by atoms with Gasteiger partial charge in [0.1, 0.15) is 17.9 Å². The van der Waals surface area contributed by atoms with Gasteiger partial charge in [-0.3, -0.25) is 9.69 Å². The molecule has 0 aliphatic carbocycles. The zero-order valence-corrected chi connectivity index (χ0v) is 24.5. The van der Waals surface area contributed by atoms with E-state index in [9.17, 15) is 27.2 Å². The number of rotatable bonds is 8. The molecule has 4 aromatic rings. The molecule has 45 heavy (non-hydrogen) atoms. The van der Waals surface area contributed by atoms with Crippen LogP contribution in [0.15, 0.2) is 72.0 Å². The van der Waals surface area contributed by atoms with E-state index in [1.807, 2.05) is 25.1 Å². The Kier molecular flexibility index (Phi) is 9.29. The van der Waals surface area contributed by atoms with Crippen LogP contribution in [0.4, 0.5) is 33.7 Å². The Labute approximate surface area is 258 Å². The number of benzene rings is 3. The van der Waals surface area contributed by atoms with Crippen LogP contribution in [-0.2, 0) is 16.1 Å². The summed E-state index contributed by atoms with van der Waals surface area (Å²) in [7, 11) is 1.54. The first-order valence-electron chi connectivity index (χ1n) is 13.2. The maximum atomic E-state index is 14.9. The molecule has 1 aromatic heterocycles. The number of alkyl halides is 3. The molecule has 0 unspecified atom stereocenters. The SMILES string of the molecule is COCc1ccc(C)cc1N1C(=O)CS/C1=N\C(=O)Nc1ccc(/C=C/c2ncn(-c3ccc(OC(F)(F)F)cc3)n2)cc1F. The molecule has 0 atom stereocenters. The first-order chi connectivity index (χ1) is 21.5. The summed E-state index contributed by atoms with van der Waals surface area (Å²) in [5.74, 6) is -0.982. The maximum Gasteiger partial charge on any atom is 0.573 e. The number of carbonyl (C=O) groups is 2. The predicted molar refractivity (Wildman–Crippen MR) is 162 cm³/mol. The second-order valence-electron chi connectivity index (χ2n) is 9.57. The quantitative estimate of drug-likeness (QED) is 0.216. The van der Waals surface area contributed by atoms with Crippen molar-refractivity contribution in [2.24, 2.45) is 4.99 Å². The normalized spacial score (nSPS) is 14.5. The predicted octanol–water partition coefficient (Wildman–Crippen LogP) is 6.60. The number of hydrogen-bond donors (Lipinski definition) is 1. The Morgan fingerprint density at radius 2 is 1.89 bits per heavy atom. The topological polar surface area (TPSA) is 111 Å². The second-order valence-corrected chi connectivity index (χ2v) is 10.5. The monoisotopic (exact) mass is 640 g/mol. The number of amides is 3. The Morgan fingerprint density at radius 1 is 1.11 bits per heavy atom. The molecule has 5 rings (SSSR count). The number of ether oxygens (including phenoxy) is 2. The van der Waals surface area contributed by atoms with Crippen molar-refractivity contribution in [1.82, 2.24) is 14.8 Å². The van der Waals surface area contributed by atoms with Gasteiger partial charge in [-0.05, 0) is 66.6 Å². The smallest absolute Gasteiger partial charge is 0.406 e. The molecule has 1 aliphatic rings. The number of aromatic nitrogens is 3. The molecule has 0 saturated carbocycles. The van der Waals surface area contributed by atoms with Crippen LogP contribution in [0.2, 0.25) is 0 Å². The van der Waals surface area contributed by atoms with Crippen molar-refractivity contribution in [2.45, 2.75) is 19.9 Å². The van der Waals surface area contributed by atoms with Gasteiger partial charge >= 0.3 is 12.4 Å². The van der Waals surface area contributed by atoms with E-state index in [-0.39, 0.29) is 40.7 Å². The molecule has 3 amide bonds. The number of aliphatic imine (C=N–C) groups is 1. The Morgan fingerprint density at radius 3 is 2.60 bits per heavy atom. The van der Waals surface area contributed by atoms with Gasteiger partial charge in [-0.25, -0.2) is 18.9 Å². The first-order valence-corrected chi connectivity index (χ1v) is 14.2. The highest BCUT2D eigenvalue weighted by atomic mass is 32.2. The number of methoxy groups -OCH3 is 1. The number of urea groups is 1. The average molecular weight is 641 g/mol. The highest BCUT2D eigenvalue weighted by Crippen LogP contribution is 2.31. The third-order valence-corrected chi connectivity index (χ3v) is 7.17. The van der Waals surface area contributed by atoms with Crippen LogP contribution < -0.4 is 15.0 Å². The maximum absolute atomic E-state index is 14.9. The minimum absolute atomic E-state index is 0.0954. The van der Waals surface area contributed by atoms with Crippen molar-refractivity contribution in [3.8, 4) is 11.4 Å². The van der Waals surface area contributed by atoms with Gasteiger partial charge in [0.15, 0.2) is 11.0 Å². The third kappa shape index (κ3) is 7.93. The minimum atomic E-state index is -4.79. The fourth-order valence-corrected chi connectivity index (χ4v) is 5.11. The van der Waals surface area contributed by atoms with Crippen LogP contribution >= 0.6 is 11.8 Å². The number of thioether (sulfide) groups is 1.